The molecule has 6 nitrogen and oxygen atoms in total. The van der Waals surface area contributed by atoms with Crippen LogP contribution >= 0.6 is 10.2 Å². The fraction of sp³-hybridized carbons (Fsp3) is 0.214. The van der Waals surface area contributed by atoms with Crippen LogP contribution in [0.2, 0.25) is 0 Å². The summed E-state index contributed by atoms with van der Waals surface area (Å²) in [5.41, 5.74) is -0.374. The zero-order valence-electron chi connectivity index (χ0n) is 14.1. The number of benzene rings is 1. The monoisotopic (exact) mass is 434 g/mol. The van der Waals surface area contributed by atoms with E-state index in [2.05, 4.69) is 9.72 Å². The number of nitrogens with one attached hydrogen (secondary N) is 2. The number of halogens is 5. The van der Waals surface area contributed by atoms with Gasteiger partial charge in [-0.1, -0.05) is 19.4 Å². The molecule has 0 radical (unpaired) electrons. The summed E-state index contributed by atoms with van der Waals surface area (Å²) in [7, 11) is -13.2. The van der Waals surface area contributed by atoms with Crippen LogP contribution in [0.25, 0.3) is 0 Å². The molecule has 0 aliphatic carbocycles. The Hall–Kier alpha value is -2.28. The number of carbonyl (C=O) groups excluding carboxylic acids is 1. The molecule has 2 rings (SSSR count). The van der Waals surface area contributed by atoms with E-state index in [0.717, 1.165) is 7.11 Å². The lowest BCUT2D eigenvalue weighted by molar-refractivity contribution is 0.0596. The Bertz CT molecular complexity index is 1010. The normalized spacial score (nSPS) is 15.0. The molecule has 152 valence electrons. The van der Waals surface area contributed by atoms with Crippen molar-refractivity contribution in [1.82, 2.24) is 4.98 Å². The standard InChI is InChI=1S/C14H15F5N2O4S2/c1-8-12(14(22)25-3)13(9(2)20-8)26(23,24)21-10-4-6-11(7-5-10)27(15,16,17,18)19/h4-7,20-21H,1-3H3. The van der Waals surface area contributed by atoms with Gasteiger partial charge in [0.15, 0.2) is 0 Å². The molecule has 2 N–H and O–H groups in total. The van der Waals surface area contributed by atoms with Crippen molar-refractivity contribution >= 4 is 31.9 Å². The van der Waals surface area contributed by atoms with E-state index in [1.807, 2.05) is 4.72 Å². The van der Waals surface area contributed by atoms with Gasteiger partial charge in [0.05, 0.1) is 7.11 Å². The number of H-pyrrole nitrogens is 1. The second-order valence-electron chi connectivity index (χ2n) is 5.67. The molecule has 0 aliphatic rings. The first-order chi connectivity index (χ1) is 12.0. The summed E-state index contributed by atoms with van der Waals surface area (Å²) >= 11 is 0. The van der Waals surface area contributed by atoms with Gasteiger partial charge < -0.3 is 9.72 Å². The van der Waals surface area contributed by atoms with Crippen LogP contribution in [0.3, 0.4) is 0 Å². The minimum atomic E-state index is -9.87. The minimum absolute atomic E-state index is 0.0792. The Morgan fingerprint density at radius 1 is 1.04 bits per heavy atom. The van der Waals surface area contributed by atoms with E-state index in [1.54, 1.807) is 0 Å². The Morgan fingerprint density at radius 2 is 1.56 bits per heavy atom. The minimum Gasteiger partial charge on any atom is -0.465 e. The van der Waals surface area contributed by atoms with Crippen LogP contribution in [0.15, 0.2) is 34.1 Å². The maximum absolute atomic E-state index is 12.7. The highest BCUT2D eigenvalue weighted by Gasteiger charge is 2.65. The SMILES string of the molecule is COC(=O)c1c(C)[nH]c(C)c1S(=O)(=O)Nc1ccc(S(F)(F)(F)(F)F)cc1. The molecule has 0 amide bonds. The van der Waals surface area contributed by atoms with Gasteiger partial charge in [-0.05, 0) is 38.1 Å². The maximum Gasteiger partial charge on any atom is 0.341 e. The molecule has 0 aliphatic heterocycles. The zero-order chi connectivity index (χ0) is 20.9. The average Bonchev–Trinajstić information content (AvgIpc) is 2.79. The number of hydrogen-bond donors (Lipinski definition) is 2. The van der Waals surface area contributed by atoms with E-state index >= 15 is 0 Å². The summed E-state index contributed by atoms with van der Waals surface area (Å²) in [5.74, 6) is -0.937. The number of sulfonamides is 1. The lowest BCUT2D eigenvalue weighted by atomic mass is 10.2. The van der Waals surface area contributed by atoms with E-state index in [0.29, 0.717) is 12.1 Å². The molecule has 0 saturated heterocycles. The third-order valence-corrected chi connectivity index (χ3v) is 6.24. The smallest absolute Gasteiger partial charge is 0.341 e. The van der Waals surface area contributed by atoms with E-state index < -0.39 is 41.7 Å². The predicted molar refractivity (Wildman–Crippen MR) is 90.3 cm³/mol. The molecule has 27 heavy (non-hydrogen) atoms. The molecule has 0 bridgehead atoms. The quantitative estimate of drug-likeness (QED) is 0.519. The number of rotatable bonds is 5. The molecule has 2 aromatic rings. The van der Waals surface area contributed by atoms with E-state index in [9.17, 15) is 32.6 Å². The molecule has 0 fully saturated rings. The molecule has 0 spiro atoms. The predicted octanol–water partition coefficient (Wildman–Crippen LogP) is 4.88. The van der Waals surface area contributed by atoms with Crippen LogP contribution in [0, 0.1) is 13.8 Å². The maximum atomic E-state index is 12.7. The van der Waals surface area contributed by atoms with Crippen LogP contribution in [-0.2, 0) is 14.8 Å². The molecule has 0 saturated carbocycles. The summed E-state index contributed by atoms with van der Waals surface area (Å²) in [5, 5.41) is 0. The molecule has 1 heterocycles. The number of ether oxygens (including phenoxy) is 1. The molecule has 0 unspecified atom stereocenters. The highest BCUT2D eigenvalue weighted by molar-refractivity contribution is 8.45. The second kappa shape index (κ2) is 5.61. The Balaban J connectivity index is 2.46. The number of esters is 1. The van der Waals surface area contributed by atoms with Gasteiger partial charge in [0, 0.05) is 17.1 Å². The third kappa shape index (κ3) is 4.35. The highest BCUT2D eigenvalue weighted by atomic mass is 32.5. The fourth-order valence-corrected chi connectivity index (χ4v) is 4.59. The average molecular weight is 434 g/mol. The number of aromatic amines is 1. The van der Waals surface area contributed by atoms with Gasteiger partial charge in [0.2, 0.25) is 0 Å². The number of aromatic nitrogens is 1. The van der Waals surface area contributed by atoms with Crippen LogP contribution in [0.1, 0.15) is 21.7 Å². The lowest BCUT2D eigenvalue weighted by Crippen LogP contribution is -2.17. The Labute approximate surface area is 151 Å². The summed E-state index contributed by atoms with van der Waals surface area (Å²) in [4.78, 5) is 11.9. The van der Waals surface area contributed by atoms with Gasteiger partial charge in [-0.3, -0.25) is 4.72 Å². The largest absolute Gasteiger partial charge is 0.465 e. The first-order valence-corrected chi connectivity index (χ1v) is 10.5. The van der Waals surface area contributed by atoms with E-state index in [4.69, 9.17) is 0 Å². The third-order valence-electron chi connectivity index (χ3n) is 3.53. The highest BCUT2D eigenvalue weighted by Crippen LogP contribution is 3.02. The van der Waals surface area contributed by atoms with Crippen molar-refractivity contribution in [3.05, 3.63) is 41.2 Å². The second-order valence-corrected chi connectivity index (χ2v) is 9.70. The number of aryl methyl sites for hydroxylation is 2. The van der Waals surface area contributed by atoms with E-state index in [1.165, 1.54) is 13.8 Å². The molecule has 0 atom stereocenters. The van der Waals surface area contributed by atoms with Crippen molar-refractivity contribution in [2.24, 2.45) is 0 Å². The lowest BCUT2D eigenvalue weighted by Gasteiger charge is -2.40. The summed E-state index contributed by atoms with van der Waals surface area (Å²) < 4.78 is 95.3. The van der Waals surface area contributed by atoms with E-state index in [-0.39, 0.29) is 29.1 Å². The van der Waals surface area contributed by atoms with Gasteiger partial charge in [-0.25, -0.2) is 13.2 Å². The van der Waals surface area contributed by atoms with Crippen molar-refractivity contribution in [2.75, 3.05) is 11.8 Å². The molecular weight excluding hydrogens is 419 g/mol. The van der Waals surface area contributed by atoms with Crippen LogP contribution < -0.4 is 4.72 Å². The number of carbonyl (C=O) groups is 1. The van der Waals surface area contributed by atoms with Gasteiger partial charge in [-0.2, -0.15) is 0 Å². The van der Waals surface area contributed by atoms with Crippen molar-refractivity contribution < 1.29 is 37.4 Å². The molecule has 1 aromatic heterocycles. The van der Waals surface area contributed by atoms with Gasteiger partial charge in [0.25, 0.3) is 10.0 Å². The Kier molecular flexibility index (Phi) is 4.37. The van der Waals surface area contributed by atoms with Crippen LogP contribution in [0.5, 0.6) is 0 Å². The van der Waals surface area contributed by atoms with Gasteiger partial charge in [0.1, 0.15) is 15.4 Å². The summed E-state index contributed by atoms with van der Waals surface area (Å²) in [6.45, 7) is 2.80. The number of methoxy groups -OCH3 is 1. The number of anilines is 1. The summed E-state index contributed by atoms with van der Waals surface area (Å²) in [6.07, 6.45) is 0. The van der Waals surface area contributed by atoms with Gasteiger partial charge in [-0.15, -0.1) is 0 Å². The number of hydrogen-bond acceptors (Lipinski definition) is 4. The first kappa shape index (κ1) is 21.0. The topological polar surface area (TPSA) is 88.3 Å². The Morgan fingerprint density at radius 3 is 2.00 bits per heavy atom. The fourth-order valence-electron chi connectivity index (χ4n) is 2.43. The van der Waals surface area contributed by atoms with Crippen LogP contribution in [-0.4, -0.2) is 26.5 Å². The van der Waals surface area contributed by atoms with Crippen molar-refractivity contribution in [3.8, 4) is 0 Å². The molecular formula is C14H15F5N2O4S2. The summed E-state index contributed by atoms with van der Waals surface area (Å²) in [6, 6.07) is 1.26. The van der Waals surface area contributed by atoms with Crippen molar-refractivity contribution in [3.63, 3.8) is 0 Å². The molecule has 1 aromatic carbocycles. The van der Waals surface area contributed by atoms with Crippen molar-refractivity contribution in [2.45, 2.75) is 23.6 Å². The van der Waals surface area contributed by atoms with Gasteiger partial charge >= 0.3 is 16.2 Å². The zero-order valence-corrected chi connectivity index (χ0v) is 15.8. The molecule has 13 heteroatoms. The van der Waals surface area contributed by atoms with Crippen molar-refractivity contribution in [1.29, 1.82) is 0 Å². The first-order valence-electron chi connectivity index (χ1n) is 7.11. The van der Waals surface area contributed by atoms with Crippen LogP contribution in [0.4, 0.5) is 25.1 Å².